The van der Waals surface area contributed by atoms with Crippen molar-refractivity contribution in [3.05, 3.63) is 24.3 Å². The fraction of sp³-hybridized carbons (Fsp3) is 0.562. The third kappa shape index (κ3) is 5.02. The van der Waals surface area contributed by atoms with Crippen molar-refractivity contribution < 1.29 is 14.3 Å². The highest BCUT2D eigenvalue weighted by atomic mass is 16.5. The Hall–Kier alpha value is -1.59. The van der Waals surface area contributed by atoms with Crippen LogP contribution in [0.3, 0.4) is 0 Å². The molecule has 1 heterocycles. The minimum absolute atomic E-state index is 0.0286. The average molecular weight is 292 g/mol. The standard InChI is InChI=1S/C16H24N2O3/c1-12(13-7-9-21-10-8-13)17-11-16(19)18-14-3-5-15(20-2)6-4-14/h3-6,12-13,17H,7-11H2,1-2H3,(H,18,19). The molecule has 0 radical (unpaired) electrons. The molecule has 0 bridgehead atoms. The van der Waals surface area contributed by atoms with E-state index >= 15 is 0 Å². The van der Waals surface area contributed by atoms with Gasteiger partial charge in [-0.15, -0.1) is 0 Å². The molecule has 1 aliphatic heterocycles. The van der Waals surface area contributed by atoms with Crippen LogP contribution < -0.4 is 15.4 Å². The first-order chi connectivity index (χ1) is 10.2. The topological polar surface area (TPSA) is 59.6 Å². The van der Waals surface area contributed by atoms with Crippen molar-refractivity contribution in [3.63, 3.8) is 0 Å². The first-order valence-electron chi connectivity index (χ1n) is 7.44. The Kier molecular flexibility index (Phi) is 6.02. The van der Waals surface area contributed by atoms with Gasteiger partial charge in [-0.05, 0) is 49.9 Å². The number of ether oxygens (including phenoxy) is 2. The predicted molar refractivity (Wildman–Crippen MR) is 82.6 cm³/mol. The summed E-state index contributed by atoms with van der Waals surface area (Å²) in [5.41, 5.74) is 0.779. The Morgan fingerprint density at radius 2 is 2.00 bits per heavy atom. The van der Waals surface area contributed by atoms with Crippen molar-refractivity contribution in [2.24, 2.45) is 5.92 Å². The molecule has 1 unspecified atom stereocenters. The number of rotatable bonds is 6. The molecule has 1 atom stereocenters. The second kappa shape index (κ2) is 8.00. The lowest BCUT2D eigenvalue weighted by molar-refractivity contribution is -0.115. The summed E-state index contributed by atoms with van der Waals surface area (Å²) in [6.45, 7) is 4.12. The monoisotopic (exact) mass is 292 g/mol. The van der Waals surface area contributed by atoms with Gasteiger partial charge in [-0.25, -0.2) is 0 Å². The Morgan fingerprint density at radius 1 is 1.33 bits per heavy atom. The van der Waals surface area contributed by atoms with Crippen LogP contribution in [0.4, 0.5) is 5.69 Å². The molecule has 5 nitrogen and oxygen atoms in total. The molecule has 0 aliphatic carbocycles. The molecule has 1 aliphatic rings. The first-order valence-corrected chi connectivity index (χ1v) is 7.44. The van der Waals surface area contributed by atoms with Crippen LogP contribution in [-0.2, 0) is 9.53 Å². The molecular formula is C16H24N2O3. The zero-order valence-electron chi connectivity index (χ0n) is 12.7. The number of hydrogen-bond donors (Lipinski definition) is 2. The quantitative estimate of drug-likeness (QED) is 0.842. The summed E-state index contributed by atoms with van der Waals surface area (Å²) in [6.07, 6.45) is 2.13. The van der Waals surface area contributed by atoms with Gasteiger partial charge in [-0.2, -0.15) is 0 Å². The normalized spacial score (nSPS) is 17.2. The highest BCUT2D eigenvalue weighted by molar-refractivity contribution is 5.92. The lowest BCUT2D eigenvalue weighted by Crippen LogP contribution is -2.40. The molecule has 0 spiro atoms. The second-order valence-electron chi connectivity index (χ2n) is 5.40. The van der Waals surface area contributed by atoms with Gasteiger partial charge in [0.25, 0.3) is 0 Å². The summed E-state index contributed by atoms with van der Waals surface area (Å²) >= 11 is 0. The van der Waals surface area contributed by atoms with Gasteiger partial charge in [0.15, 0.2) is 0 Å². The Bertz CT molecular complexity index is 441. The van der Waals surface area contributed by atoms with Crippen LogP contribution in [0.2, 0.25) is 0 Å². The minimum Gasteiger partial charge on any atom is -0.497 e. The van der Waals surface area contributed by atoms with Gasteiger partial charge in [0.1, 0.15) is 5.75 Å². The van der Waals surface area contributed by atoms with Crippen LogP contribution in [0.15, 0.2) is 24.3 Å². The zero-order valence-corrected chi connectivity index (χ0v) is 12.7. The fourth-order valence-electron chi connectivity index (χ4n) is 2.52. The molecule has 5 heteroatoms. The lowest BCUT2D eigenvalue weighted by atomic mass is 9.93. The first kappa shape index (κ1) is 15.8. The number of amides is 1. The number of carbonyl (C=O) groups excluding carboxylic acids is 1. The van der Waals surface area contributed by atoms with E-state index in [0.29, 0.717) is 18.5 Å². The van der Waals surface area contributed by atoms with E-state index in [1.807, 2.05) is 24.3 Å². The van der Waals surface area contributed by atoms with E-state index in [-0.39, 0.29) is 5.91 Å². The van der Waals surface area contributed by atoms with Crippen molar-refractivity contribution in [1.82, 2.24) is 5.32 Å². The molecule has 116 valence electrons. The maximum absolute atomic E-state index is 11.9. The van der Waals surface area contributed by atoms with Crippen molar-refractivity contribution in [2.75, 3.05) is 32.2 Å². The summed E-state index contributed by atoms with van der Waals surface area (Å²) in [5.74, 6) is 1.34. The van der Waals surface area contributed by atoms with Crippen molar-refractivity contribution in [2.45, 2.75) is 25.8 Å². The number of anilines is 1. The highest BCUT2D eigenvalue weighted by Crippen LogP contribution is 2.18. The molecule has 1 fully saturated rings. The number of hydrogen-bond acceptors (Lipinski definition) is 4. The second-order valence-corrected chi connectivity index (χ2v) is 5.40. The van der Waals surface area contributed by atoms with Gasteiger partial charge < -0.3 is 20.1 Å². The van der Waals surface area contributed by atoms with Crippen LogP contribution in [-0.4, -0.2) is 38.8 Å². The molecule has 21 heavy (non-hydrogen) atoms. The van der Waals surface area contributed by atoms with E-state index in [9.17, 15) is 4.79 Å². The molecule has 0 aromatic heterocycles. The van der Waals surface area contributed by atoms with Crippen LogP contribution in [0, 0.1) is 5.92 Å². The Labute approximate surface area is 126 Å². The lowest BCUT2D eigenvalue weighted by Gasteiger charge is -2.28. The van der Waals surface area contributed by atoms with E-state index in [4.69, 9.17) is 9.47 Å². The van der Waals surface area contributed by atoms with Crippen molar-refractivity contribution >= 4 is 11.6 Å². The summed E-state index contributed by atoms with van der Waals surface area (Å²) in [7, 11) is 1.62. The van der Waals surface area contributed by atoms with E-state index in [1.165, 1.54) is 0 Å². The molecule has 0 saturated carbocycles. The SMILES string of the molecule is COc1ccc(NC(=O)CNC(C)C2CCOCC2)cc1. The Morgan fingerprint density at radius 3 is 2.62 bits per heavy atom. The van der Waals surface area contributed by atoms with Crippen LogP contribution in [0.1, 0.15) is 19.8 Å². The predicted octanol–water partition coefficient (Wildman–Crippen LogP) is 2.04. The van der Waals surface area contributed by atoms with Crippen LogP contribution in [0.5, 0.6) is 5.75 Å². The summed E-state index contributed by atoms with van der Waals surface area (Å²) in [4.78, 5) is 11.9. The molecule has 1 aromatic carbocycles. The summed E-state index contributed by atoms with van der Waals surface area (Å²) < 4.78 is 10.4. The van der Waals surface area contributed by atoms with Gasteiger partial charge in [-0.3, -0.25) is 4.79 Å². The maximum Gasteiger partial charge on any atom is 0.238 e. The number of carbonyl (C=O) groups is 1. The molecule has 1 aromatic rings. The fourth-order valence-corrected chi connectivity index (χ4v) is 2.52. The van der Waals surface area contributed by atoms with Gasteiger partial charge >= 0.3 is 0 Å². The molecule has 1 saturated heterocycles. The minimum atomic E-state index is -0.0286. The largest absolute Gasteiger partial charge is 0.497 e. The molecule has 2 N–H and O–H groups in total. The van der Waals surface area contributed by atoms with Crippen molar-refractivity contribution in [3.8, 4) is 5.75 Å². The smallest absolute Gasteiger partial charge is 0.238 e. The Balaban J connectivity index is 1.73. The number of nitrogens with one attached hydrogen (secondary N) is 2. The molecule has 2 rings (SSSR count). The van der Waals surface area contributed by atoms with Crippen LogP contribution >= 0.6 is 0 Å². The zero-order chi connectivity index (χ0) is 15.1. The maximum atomic E-state index is 11.9. The van der Waals surface area contributed by atoms with E-state index < -0.39 is 0 Å². The summed E-state index contributed by atoms with van der Waals surface area (Å²) in [6, 6.07) is 7.65. The summed E-state index contributed by atoms with van der Waals surface area (Å²) in [5, 5.41) is 6.17. The number of benzene rings is 1. The van der Waals surface area contributed by atoms with Gasteiger partial charge in [-0.1, -0.05) is 0 Å². The highest BCUT2D eigenvalue weighted by Gasteiger charge is 2.20. The van der Waals surface area contributed by atoms with Gasteiger partial charge in [0, 0.05) is 24.9 Å². The van der Waals surface area contributed by atoms with Crippen LogP contribution in [0.25, 0.3) is 0 Å². The van der Waals surface area contributed by atoms with Gasteiger partial charge in [0.2, 0.25) is 5.91 Å². The molecule has 1 amide bonds. The molecular weight excluding hydrogens is 268 g/mol. The third-order valence-electron chi connectivity index (χ3n) is 3.93. The van der Waals surface area contributed by atoms with E-state index in [2.05, 4.69) is 17.6 Å². The van der Waals surface area contributed by atoms with E-state index in [0.717, 1.165) is 37.5 Å². The third-order valence-corrected chi connectivity index (χ3v) is 3.93. The van der Waals surface area contributed by atoms with Crippen molar-refractivity contribution in [1.29, 1.82) is 0 Å². The van der Waals surface area contributed by atoms with E-state index in [1.54, 1.807) is 7.11 Å². The average Bonchev–Trinajstić information content (AvgIpc) is 2.54. The van der Waals surface area contributed by atoms with Gasteiger partial charge in [0.05, 0.1) is 13.7 Å². The number of methoxy groups -OCH3 is 1.